The third-order valence-corrected chi connectivity index (χ3v) is 21.0. The zero-order chi connectivity index (χ0) is 60.6. The molecule has 92 heavy (non-hydrogen) atoms. The molecule has 0 saturated heterocycles. The summed E-state index contributed by atoms with van der Waals surface area (Å²) in [7, 11) is 0. The first-order valence-corrected chi connectivity index (χ1v) is 33.2. The summed E-state index contributed by atoms with van der Waals surface area (Å²) in [5, 5.41) is 0. The second-order valence-electron chi connectivity index (χ2n) is 23.9. The van der Waals surface area contributed by atoms with Crippen LogP contribution in [0.1, 0.15) is 0 Å². The summed E-state index contributed by atoms with van der Waals surface area (Å²) in [6.07, 6.45) is 0. The largest absolute Gasteiger partial charge is 0.311 e. The molecule has 8 heteroatoms. The molecule has 4 nitrogen and oxygen atoms in total. The van der Waals surface area contributed by atoms with Crippen molar-refractivity contribution >= 4 is 138 Å². The van der Waals surface area contributed by atoms with Gasteiger partial charge in [0.15, 0.2) is 0 Å². The van der Waals surface area contributed by atoms with Crippen LogP contribution in [-0.2, 0) is 0 Å². The minimum atomic E-state index is -0.123. The molecule has 0 radical (unpaired) electrons. The normalized spacial score (nSPS) is 12.8. The van der Waals surface area contributed by atoms with Gasteiger partial charge in [0.1, 0.15) is 0 Å². The fraction of sp³-hybridized carbons (Fsp3) is 0. The van der Waals surface area contributed by atoms with Crippen LogP contribution in [-0.4, -0.2) is 13.4 Å². The summed E-state index contributed by atoms with van der Waals surface area (Å²) < 4.78 is 0. The molecule has 0 fully saturated rings. The van der Waals surface area contributed by atoms with E-state index in [1.54, 1.807) is 0 Å². The molecule has 14 aromatic rings. The Morgan fingerprint density at radius 3 is 1.37 bits per heavy atom. The van der Waals surface area contributed by atoms with Crippen LogP contribution >= 0.6 is 23.5 Å². The zero-order valence-corrected chi connectivity index (χ0v) is 51.7. The quantitative estimate of drug-likeness (QED) is 0.119. The van der Waals surface area contributed by atoms with Crippen molar-refractivity contribution in [3.05, 3.63) is 340 Å². The summed E-state index contributed by atoms with van der Waals surface area (Å²) in [6.45, 7) is -0.145. The number of para-hydroxylation sites is 5. The van der Waals surface area contributed by atoms with E-state index < -0.39 is 0 Å². The van der Waals surface area contributed by atoms with Gasteiger partial charge in [0.2, 0.25) is 6.71 Å². The van der Waals surface area contributed by atoms with E-state index in [2.05, 4.69) is 359 Å². The minimum Gasteiger partial charge on any atom is -0.311 e. The van der Waals surface area contributed by atoms with E-state index in [0.717, 1.165) is 68.0 Å². The van der Waals surface area contributed by atoms with Crippen LogP contribution in [0.25, 0.3) is 33.4 Å². The first-order chi connectivity index (χ1) is 45.6. The monoisotopic (exact) mass is 1210 g/mol. The smallest absolute Gasteiger partial charge is 0.252 e. The van der Waals surface area contributed by atoms with Crippen LogP contribution in [0.4, 0.5) is 68.2 Å². The standard InChI is InChI=1S/C84H56B2N4S2/c1-7-26-57(27-8-1)59-46-48-65(49-47-59)88(66-39-25-32-61(50-66)58-28-9-2-10-29-58)68-53-81-84-82(54-68)92-80-56-76-72(55-73(80)86(84)71-42-21-24-45-79(71)91-81)85-70-41-20-23-44-75(70)89(64-37-17-6-18-38-64)77-51-67(87(62-33-13-4-14-34-62)63-35-15-5-16-36-63)52-78(83(77)85)90(76)74-43-22-19-40-69(74)60-30-11-3-12-31-60/h1-56H. The van der Waals surface area contributed by atoms with Crippen molar-refractivity contribution in [1.29, 1.82) is 0 Å². The summed E-state index contributed by atoms with van der Waals surface area (Å²) in [5.74, 6) is 0. The molecular formula is C84H56B2N4S2. The first kappa shape index (κ1) is 54.1. The van der Waals surface area contributed by atoms with Crippen LogP contribution in [0.2, 0.25) is 0 Å². The highest BCUT2D eigenvalue weighted by Crippen LogP contribution is 2.52. The van der Waals surface area contributed by atoms with Gasteiger partial charge in [0.25, 0.3) is 6.71 Å². The first-order valence-electron chi connectivity index (χ1n) is 31.5. The van der Waals surface area contributed by atoms with Gasteiger partial charge in [-0.1, -0.05) is 265 Å². The van der Waals surface area contributed by atoms with Crippen molar-refractivity contribution in [1.82, 2.24) is 0 Å². The Labute approximate surface area is 546 Å². The minimum absolute atomic E-state index is 0.0219. The molecule has 0 aromatic heterocycles. The molecule has 0 unspecified atom stereocenters. The number of benzene rings is 14. The van der Waals surface area contributed by atoms with Gasteiger partial charge < -0.3 is 19.6 Å². The summed E-state index contributed by atoms with van der Waals surface area (Å²) in [4.78, 5) is 15.1. The van der Waals surface area contributed by atoms with Gasteiger partial charge in [0, 0.05) is 82.0 Å². The lowest BCUT2D eigenvalue weighted by Gasteiger charge is -2.46. The number of anilines is 12. The third-order valence-electron chi connectivity index (χ3n) is 18.7. The molecule has 430 valence electrons. The Hall–Kier alpha value is -10.9. The average molecular weight is 1210 g/mol. The fourth-order valence-electron chi connectivity index (χ4n) is 14.7. The second kappa shape index (κ2) is 22.5. The van der Waals surface area contributed by atoms with Gasteiger partial charge >= 0.3 is 0 Å². The molecule has 0 N–H and O–H groups in total. The van der Waals surface area contributed by atoms with Gasteiger partial charge in [-0.2, -0.15) is 0 Å². The van der Waals surface area contributed by atoms with Crippen molar-refractivity contribution in [3.8, 4) is 33.4 Å². The molecule has 0 amide bonds. The van der Waals surface area contributed by atoms with E-state index in [1.165, 1.54) is 86.0 Å². The van der Waals surface area contributed by atoms with Crippen LogP contribution in [0.5, 0.6) is 0 Å². The SMILES string of the molecule is c1ccc(-c2ccc(N(c3cccc(-c4ccccc4)c3)c3cc4c5c(c3)Sc3cc6c(cc3B5c3ccccc3S4)B3c4ccccc4N(c4ccccc4)c4cc(N(c5ccccc5)c5ccccc5)cc(c43)N6c3ccccc3-c3ccccc3)cc2)cc1. The van der Waals surface area contributed by atoms with E-state index >= 15 is 0 Å². The zero-order valence-electron chi connectivity index (χ0n) is 50.1. The molecule has 0 atom stereocenters. The maximum absolute atomic E-state index is 2.64. The van der Waals surface area contributed by atoms with Crippen molar-refractivity contribution < 1.29 is 0 Å². The highest BCUT2D eigenvalue weighted by molar-refractivity contribution is 8.01. The summed E-state index contributed by atoms with van der Waals surface area (Å²) in [6, 6.07) is 126. The van der Waals surface area contributed by atoms with Crippen LogP contribution in [0.15, 0.2) is 359 Å². The Kier molecular flexibility index (Phi) is 13.3. The van der Waals surface area contributed by atoms with E-state index in [4.69, 9.17) is 0 Å². The topological polar surface area (TPSA) is 13.0 Å². The highest BCUT2D eigenvalue weighted by atomic mass is 32.2. The second-order valence-corrected chi connectivity index (χ2v) is 26.1. The predicted octanol–water partition coefficient (Wildman–Crippen LogP) is 19.2. The molecule has 18 rings (SSSR count). The van der Waals surface area contributed by atoms with Crippen LogP contribution in [0.3, 0.4) is 0 Å². The van der Waals surface area contributed by atoms with Crippen LogP contribution in [0, 0.1) is 0 Å². The van der Waals surface area contributed by atoms with Gasteiger partial charge in [-0.3, -0.25) is 0 Å². The van der Waals surface area contributed by atoms with E-state index in [9.17, 15) is 0 Å². The lowest BCUT2D eigenvalue weighted by Crippen LogP contribution is -2.64. The molecule has 14 aromatic carbocycles. The highest BCUT2D eigenvalue weighted by Gasteiger charge is 2.47. The Morgan fingerprint density at radius 1 is 0.228 bits per heavy atom. The summed E-state index contributed by atoms with van der Waals surface area (Å²) >= 11 is 3.84. The number of nitrogens with zero attached hydrogens (tertiary/aromatic N) is 4. The van der Waals surface area contributed by atoms with Crippen molar-refractivity contribution in [3.63, 3.8) is 0 Å². The number of hydrogen-bond acceptors (Lipinski definition) is 6. The van der Waals surface area contributed by atoms with Crippen LogP contribution < -0.4 is 52.4 Å². The maximum Gasteiger partial charge on any atom is 0.252 e. The maximum atomic E-state index is 2.64. The fourth-order valence-corrected chi connectivity index (χ4v) is 17.2. The Morgan fingerprint density at radius 2 is 0.696 bits per heavy atom. The molecule has 0 bridgehead atoms. The number of rotatable bonds is 11. The number of hydrogen-bond donors (Lipinski definition) is 0. The van der Waals surface area contributed by atoms with Gasteiger partial charge in [0.05, 0.1) is 11.4 Å². The van der Waals surface area contributed by atoms with E-state index in [1.807, 2.05) is 23.5 Å². The van der Waals surface area contributed by atoms with Gasteiger partial charge in [-0.05, 0) is 159 Å². The average Bonchev–Trinajstić information content (AvgIpc) is 0.693. The van der Waals surface area contributed by atoms with Crippen molar-refractivity contribution in [2.24, 2.45) is 0 Å². The molecule has 0 aliphatic carbocycles. The van der Waals surface area contributed by atoms with E-state index in [0.29, 0.717) is 0 Å². The van der Waals surface area contributed by atoms with E-state index in [-0.39, 0.29) is 13.4 Å². The lowest BCUT2D eigenvalue weighted by molar-refractivity contribution is 1.22. The lowest BCUT2D eigenvalue weighted by atomic mass is 9.31. The Balaban J connectivity index is 0.892. The van der Waals surface area contributed by atoms with Gasteiger partial charge in [-0.25, -0.2) is 0 Å². The number of fused-ring (bicyclic) bond motifs is 8. The molecular weight excluding hydrogens is 1150 g/mol. The molecule has 4 heterocycles. The molecule has 0 saturated carbocycles. The molecule has 4 aliphatic heterocycles. The van der Waals surface area contributed by atoms with Crippen molar-refractivity contribution in [2.45, 2.75) is 19.6 Å². The Bertz CT molecular complexity index is 5100. The predicted molar refractivity (Wildman–Crippen MR) is 392 cm³/mol. The van der Waals surface area contributed by atoms with Gasteiger partial charge in [-0.15, -0.1) is 0 Å². The molecule has 0 spiro atoms. The third kappa shape index (κ3) is 9.12. The summed E-state index contributed by atoms with van der Waals surface area (Å²) in [5.41, 5.74) is 28.4. The van der Waals surface area contributed by atoms with Crippen molar-refractivity contribution in [2.75, 3.05) is 19.6 Å². The molecule has 4 aliphatic rings.